The maximum atomic E-state index is 13.2. The number of rotatable bonds is 6. The first-order chi connectivity index (χ1) is 16.1. The van der Waals surface area contributed by atoms with Gasteiger partial charge in [0.05, 0.1) is 11.0 Å². The van der Waals surface area contributed by atoms with Crippen molar-refractivity contribution >= 4 is 34.2 Å². The molecule has 168 valence electrons. The van der Waals surface area contributed by atoms with E-state index in [9.17, 15) is 9.59 Å². The zero-order valence-corrected chi connectivity index (χ0v) is 19.3. The van der Waals surface area contributed by atoms with Gasteiger partial charge in [-0.3, -0.25) is 14.2 Å². The van der Waals surface area contributed by atoms with Gasteiger partial charge in [0.1, 0.15) is 12.4 Å². The molecule has 0 aliphatic carbocycles. The third-order valence-corrected chi connectivity index (χ3v) is 7.18. The lowest BCUT2D eigenvalue weighted by molar-refractivity contribution is -0.134. The Hall–Kier alpha value is -3.45. The van der Waals surface area contributed by atoms with Crippen molar-refractivity contribution in [1.29, 1.82) is 0 Å². The molecular formula is C26H26N4O2S. The lowest BCUT2D eigenvalue weighted by atomic mass is 10.1. The summed E-state index contributed by atoms with van der Waals surface area (Å²) >= 11 is 1.75. The van der Waals surface area contributed by atoms with Crippen LogP contribution < -0.4 is 5.32 Å². The molecule has 2 aromatic carbocycles. The van der Waals surface area contributed by atoms with E-state index in [1.54, 1.807) is 29.8 Å². The van der Waals surface area contributed by atoms with Crippen molar-refractivity contribution < 1.29 is 9.59 Å². The van der Waals surface area contributed by atoms with E-state index in [-0.39, 0.29) is 11.8 Å². The van der Waals surface area contributed by atoms with Gasteiger partial charge in [0.2, 0.25) is 5.91 Å². The van der Waals surface area contributed by atoms with E-state index in [0.717, 1.165) is 29.6 Å². The van der Waals surface area contributed by atoms with Crippen LogP contribution in [0.3, 0.4) is 0 Å². The van der Waals surface area contributed by atoms with Crippen molar-refractivity contribution in [3.05, 3.63) is 82.3 Å². The summed E-state index contributed by atoms with van der Waals surface area (Å²) in [6.45, 7) is 3.36. The smallest absolute Gasteiger partial charge is 0.251 e. The molecule has 33 heavy (non-hydrogen) atoms. The highest BCUT2D eigenvalue weighted by Crippen LogP contribution is 2.25. The summed E-state index contributed by atoms with van der Waals surface area (Å²) in [7, 11) is 0. The average molecular weight is 459 g/mol. The third-order valence-electron chi connectivity index (χ3n) is 6.16. The number of carbonyl (C=O) groups is 2. The highest BCUT2D eigenvalue weighted by Gasteiger charge is 2.28. The monoisotopic (exact) mass is 458 g/mol. The Morgan fingerprint density at radius 1 is 1.12 bits per heavy atom. The standard InChI is InChI=1S/C26H26N4O2S/c1-2-5-22(26(32)29-14-12-24-19(16-29)13-15-33-24)28-25(31)18-8-10-20(11-9-18)30-17-27-21-6-3-4-7-23(21)30/h3-4,6-11,13,15,17,22H,2,5,12,14,16H2,1H3,(H,28,31). The highest BCUT2D eigenvalue weighted by molar-refractivity contribution is 7.10. The van der Waals surface area contributed by atoms with E-state index >= 15 is 0 Å². The SMILES string of the molecule is CCCC(NC(=O)c1ccc(-n2cnc3ccccc32)cc1)C(=O)N1CCc2sccc2C1. The number of amides is 2. The third kappa shape index (κ3) is 4.28. The minimum absolute atomic E-state index is 0.00329. The lowest BCUT2D eigenvalue weighted by Crippen LogP contribution is -2.49. The van der Waals surface area contributed by atoms with Crippen molar-refractivity contribution in [3.8, 4) is 5.69 Å². The van der Waals surface area contributed by atoms with Crippen molar-refractivity contribution in [3.63, 3.8) is 0 Å². The van der Waals surface area contributed by atoms with Crippen LogP contribution in [-0.2, 0) is 17.8 Å². The second kappa shape index (κ2) is 9.19. The zero-order valence-electron chi connectivity index (χ0n) is 18.5. The van der Waals surface area contributed by atoms with Gasteiger partial charge < -0.3 is 10.2 Å². The summed E-state index contributed by atoms with van der Waals surface area (Å²) in [5.74, 6) is -0.222. The van der Waals surface area contributed by atoms with Crippen molar-refractivity contribution in [2.24, 2.45) is 0 Å². The molecule has 7 heteroatoms. The number of aromatic nitrogens is 2. The van der Waals surface area contributed by atoms with E-state index in [4.69, 9.17) is 0 Å². The second-order valence-corrected chi connectivity index (χ2v) is 9.34. The quantitative estimate of drug-likeness (QED) is 0.460. The molecule has 5 rings (SSSR count). The molecule has 1 N–H and O–H groups in total. The molecule has 0 saturated carbocycles. The summed E-state index contributed by atoms with van der Waals surface area (Å²) in [5, 5.41) is 5.07. The maximum absolute atomic E-state index is 13.2. The van der Waals surface area contributed by atoms with Crippen LogP contribution in [-0.4, -0.2) is 38.9 Å². The predicted octanol–water partition coefficient (Wildman–Crippen LogP) is 4.57. The molecular weight excluding hydrogens is 432 g/mol. The molecule has 4 aromatic rings. The molecule has 0 bridgehead atoms. The fourth-order valence-electron chi connectivity index (χ4n) is 4.38. The van der Waals surface area contributed by atoms with Gasteiger partial charge in [-0.1, -0.05) is 25.5 Å². The van der Waals surface area contributed by atoms with Gasteiger partial charge in [-0.2, -0.15) is 0 Å². The van der Waals surface area contributed by atoms with Gasteiger partial charge in [0.25, 0.3) is 5.91 Å². The Kier molecular flexibility index (Phi) is 5.96. The molecule has 1 unspecified atom stereocenters. The van der Waals surface area contributed by atoms with Gasteiger partial charge in [-0.25, -0.2) is 4.98 Å². The lowest BCUT2D eigenvalue weighted by Gasteiger charge is -2.31. The second-order valence-electron chi connectivity index (χ2n) is 8.34. The minimum Gasteiger partial charge on any atom is -0.340 e. The van der Waals surface area contributed by atoms with Crippen LogP contribution in [0.4, 0.5) is 0 Å². The van der Waals surface area contributed by atoms with Gasteiger partial charge in [0.15, 0.2) is 0 Å². The number of para-hydroxylation sites is 2. The maximum Gasteiger partial charge on any atom is 0.251 e. The van der Waals surface area contributed by atoms with Crippen LogP contribution in [0.15, 0.2) is 66.3 Å². The topological polar surface area (TPSA) is 67.2 Å². The van der Waals surface area contributed by atoms with Crippen LogP contribution in [0.25, 0.3) is 16.7 Å². The normalized spacial score (nSPS) is 14.2. The molecule has 0 spiro atoms. The van der Waals surface area contributed by atoms with Crippen LogP contribution >= 0.6 is 11.3 Å². The molecule has 1 aliphatic heterocycles. The number of hydrogen-bond donors (Lipinski definition) is 1. The predicted molar refractivity (Wildman–Crippen MR) is 131 cm³/mol. The molecule has 1 aliphatic rings. The van der Waals surface area contributed by atoms with Gasteiger partial charge in [0, 0.05) is 29.2 Å². The van der Waals surface area contributed by atoms with Crippen LogP contribution in [0.1, 0.15) is 40.6 Å². The molecule has 0 radical (unpaired) electrons. The van der Waals surface area contributed by atoms with E-state index in [1.807, 2.05) is 52.8 Å². The van der Waals surface area contributed by atoms with E-state index < -0.39 is 6.04 Å². The summed E-state index contributed by atoms with van der Waals surface area (Å²) in [6.07, 6.45) is 4.11. The number of benzene rings is 2. The molecule has 0 fully saturated rings. The van der Waals surface area contributed by atoms with Gasteiger partial charge in [-0.05, 0) is 66.2 Å². The number of thiophene rings is 1. The Labute approximate surface area is 196 Å². The Bertz CT molecular complexity index is 1290. The van der Waals surface area contributed by atoms with Gasteiger partial charge >= 0.3 is 0 Å². The fourth-order valence-corrected chi connectivity index (χ4v) is 5.27. The number of nitrogens with zero attached hydrogens (tertiary/aromatic N) is 3. The Balaban J connectivity index is 1.29. The first kappa shape index (κ1) is 21.4. The van der Waals surface area contributed by atoms with Crippen LogP contribution in [0.2, 0.25) is 0 Å². The molecule has 2 amide bonds. The van der Waals surface area contributed by atoms with E-state index in [0.29, 0.717) is 25.1 Å². The number of carbonyl (C=O) groups excluding carboxylic acids is 2. The van der Waals surface area contributed by atoms with Crippen molar-refractivity contribution in [2.75, 3.05) is 6.54 Å². The highest BCUT2D eigenvalue weighted by atomic mass is 32.1. The zero-order chi connectivity index (χ0) is 22.8. The van der Waals surface area contributed by atoms with Crippen LogP contribution in [0.5, 0.6) is 0 Å². The van der Waals surface area contributed by atoms with Crippen LogP contribution in [0, 0.1) is 0 Å². The summed E-state index contributed by atoms with van der Waals surface area (Å²) in [5.41, 5.74) is 4.63. The number of imidazole rings is 1. The Morgan fingerprint density at radius 2 is 1.94 bits per heavy atom. The number of nitrogens with one attached hydrogen (secondary N) is 1. The average Bonchev–Trinajstić information content (AvgIpc) is 3.50. The molecule has 6 nitrogen and oxygen atoms in total. The first-order valence-electron chi connectivity index (χ1n) is 11.3. The molecule has 1 atom stereocenters. The molecule has 3 heterocycles. The Morgan fingerprint density at radius 3 is 2.76 bits per heavy atom. The van der Waals surface area contributed by atoms with Crippen molar-refractivity contribution in [2.45, 2.75) is 38.8 Å². The molecule has 0 saturated heterocycles. The summed E-state index contributed by atoms with van der Waals surface area (Å²) in [6, 6.07) is 16.9. The van der Waals surface area contributed by atoms with E-state index in [2.05, 4.69) is 21.7 Å². The number of hydrogen-bond acceptors (Lipinski definition) is 4. The molecule has 2 aromatic heterocycles. The van der Waals surface area contributed by atoms with Gasteiger partial charge in [-0.15, -0.1) is 11.3 Å². The van der Waals surface area contributed by atoms with Crippen molar-refractivity contribution in [1.82, 2.24) is 19.8 Å². The summed E-state index contributed by atoms with van der Waals surface area (Å²) in [4.78, 5) is 33.9. The number of fused-ring (bicyclic) bond motifs is 2. The summed E-state index contributed by atoms with van der Waals surface area (Å²) < 4.78 is 2.00. The largest absolute Gasteiger partial charge is 0.340 e. The minimum atomic E-state index is -0.514. The fraction of sp³-hybridized carbons (Fsp3) is 0.269. The first-order valence-corrected chi connectivity index (χ1v) is 12.2. The van der Waals surface area contributed by atoms with E-state index in [1.165, 1.54) is 10.4 Å².